The van der Waals surface area contributed by atoms with E-state index in [1.54, 1.807) is 18.2 Å². The molecule has 104 valence electrons. The fourth-order valence-electron chi connectivity index (χ4n) is 1.53. The van der Waals surface area contributed by atoms with E-state index in [4.69, 9.17) is 5.11 Å². The van der Waals surface area contributed by atoms with Crippen molar-refractivity contribution in [2.45, 2.75) is 19.3 Å². The van der Waals surface area contributed by atoms with Gasteiger partial charge in [-0.15, -0.1) is 0 Å². The van der Waals surface area contributed by atoms with Gasteiger partial charge in [-0.1, -0.05) is 18.2 Å². The molecule has 0 saturated heterocycles. The number of carboxylic acid groups (broad SMARTS) is 1. The molecule has 2 amide bonds. The van der Waals surface area contributed by atoms with E-state index in [-0.39, 0.29) is 18.8 Å². The van der Waals surface area contributed by atoms with Crippen LogP contribution in [0.5, 0.6) is 0 Å². The summed E-state index contributed by atoms with van der Waals surface area (Å²) >= 11 is 0. The van der Waals surface area contributed by atoms with Gasteiger partial charge in [0.15, 0.2) is 0 Å². The van der Waals surface area contributed by atoms with E-state index >= 15 is 0 Å². The highest BCUT2D eigenvalue weighted by Crippen LogP contribution is 2.08. The van der Waals surface area contributed by atoms with Crippen molar-refractivity contribution in [3.8, 4) is 0 Å². The van der Waals surface area contributed by atoms with Gasteiger partial charge in [-0.2, -0.15) is 0 Å². The van der Waals surface area contributed by atoms with Crippen molar-refractivity contribution in [2.24, 2.45) is 0 Å². The third-order valence-corrected chi connectivity index (χ3v) is 2.49. The zero-order valence-electron chi connectivity index (χ0n) is 10.5. The molecule has 0 aliphatic heterocycles. The monoisotopic (exact) mass is 268 g/mol. The number of carboxylic acids is 1. The van der Waals surface area contributed by atoms with Gasteiger partial charge in [0.1, 0.15) is 5.82 Å². The molecule has 19 heavy (non-hydrogen) atoms. The van der Waals surface area contributed by atoms with Gasteiger partial charge >= 0.3 is 12.0 Å². The summed E-state index contributed by atoms with van der Waals surface area (Å²) in [5, 5.41) is 13.4. The summed E-state index contributed by atoms with van der Waals surface area (Å²) in [6.45, 7) is 0.502. The Hall–Kier alpha value is -2.11. The Morgan fingerprint density at radius 3 is 2.53 bits per heavy atom. The van der Waals surface area contributed by atoms with Crippen LogP contribution in [0.1, 0.15) is 18.4 Å². The first-order chi connectivity index (χ1) is 9.09. The van der Waals surface area contributed by atoms with Crippen molar-refractivity contribution in [3.05, 3.63) is 35.6 Å². The predicted molar refractivity (Wildman–Crippen MR) is 68.4 cm³/mol. The second-order valence-corrected chi connectivity index (χ2v) is 4.02. The van der Waals surface area contributed by atoms with E-state index in [0.717, 1.165) is 0 Å². The third-order valence-electron chi connectivity index (χ3n) is 2.49. The van der Waals surface area contributed by atoms with Gasteiger partial charge in [-0.25, -0.2) is 9.18 Å². The summed E-state index contributed by atoms with van der Waals surface area (Å²) in [4.78, 5) is 21.4. The molecule has 0 spiro atoms. The summed E-state index contributed by atoms with van der Waals surface area (Å²) < 4.78 is 13.3. The van der Waals surface area contributed by atoms with Crippen molar-refractivity contribution in [3.63, 3.8) is 0 Å². The van der Waals surface area contributed by atoms with E-state index in [2.05, 4.69) is 10.6 Å². The Labute approximate surface area is 110 Å². The van der Waals surface area contributed by atoms with E-state index in [1.807, 2.05) is 0 Å². The molecule has 6 heteroatoms. The van der Waals surface area contributed by atoms with Crippen LogP contribution >= 0.6 is 0 Å². The molecule has 1 aromatic carbocycles. The molecular formula is C13H17FN2O3. The summed E-state index contributed by atoms with van der Waals surface area (Å²) in [6.07, 6.45) is 1.05. The lowest BCUT2D eigenvalue weighted by Gasteiger charge is -2.07. The summed E-state index contributed by atoms with van der Waals surface area (Å²) in [7, 11) is 0. The Kier molecular flexibility index (Phi) is 6.35. The topological polar surface area (TPSA) is 78.4 Å². The number of hydrogen-bond donors (Lipinski definition) is 3. The highest BCUT2D eigenvalue weighted by molar-refractivity contribution is 5.74. The van der Waals surface area contributed by atoms with Crippen molar-refractivity contribution in [1.82, 2.24) is 10.6 Å². The normalized spacial score (nSPS) is 9.95. The van der Waals surface area contributed by atoms with E-state index in [9.17, 15) is 14.0 Å². The Morgan fingerprint density at radius 1 is 1.16 bits per heavy atom. The molecule has 0 aliphatic carbocycles. The lowest BCUT2D eigenvalue weighted by atomic mass is 10.1. The average molecular weight is 268 g/mol. The van der Waals surface area contributed by atoms with Crippen molar-refractivity contribution >= 4 is 12.0 Å². The van der Waals surface area contributed by atoms with Gasteiger partial charge in [-0.3, -0.25) is 4.79 Å². The number of carbonyl (C=O) groups is 2. The average Bonchev–Trinajstić information content (AvgIpc) is 2.36. The molecule has 0 unspecified atom stereocenters. The largest absolute Gasteiger partial charge is 0.481 e. The molecule has 1 aromatic rings. The maximum absolute atomic E-state index is 13.3. The number of benzene rings is 1. The fourth-order valence-corrected chi connectivity index (χ4v) is 1.53. The second-order valence-electron chi connectivity index (χ2n) is 4.02. The second kappa shape index (κ2) is 8.07. The lowest BCUT2D eigenvalue weighted by Crippen LogP contribution is -2.37. The highest BCUT2D eigenvalue weighted by Gasteiger charge is 2.03. The van der Waals surface area contributed by atoms with Gasteiger partial charge in [0.2, 0.25) is 0 Å². The van der Waals surface area contributed by atoms with E-state index in [1.165, 1.54) is 6.07 Å². The quantitative estimate of drug-likeness (QED) is 0.656. The number of hydrogen-bond acceptors (Lipinski definition) is 2. The Balaban J connectivity index is 2.12. The third kappa shape index (κ3) is 6.40. The first-order valence-electron chi connectivity index (χ1n) is 6.06. The Bertz CT molecular complexity index is 438. The zero-order valence-corrected chi connectivity index (χ0v) is 10.5. The predicted octanol–water partition coefficient (Wildman–Crippen LogP) is 1.53. The van der Waals surface area contributed by atoms with Crippen LogP contribution in [-0.2, 0) is 11.2 Å². The van der Waals surface area contributed by atoms with Gasteiger partial charge in [0.25, 0.3) is 0 Å². The van der Waals surface area contributed by atoms with Gasteiger partial charge in [0, 0.05) is 13.1 Å². The zero-order chi connectivity index (χ0) is 14.1. The molecule has 3 N–H and O–H groups in total. The maximum Gasteiger partial charge on any atom is 0.314 e. The molecule has 0 aromatic heterocycles. The van der Waals surface area contributed by atoms with Crippen LogP contribution in [0.4, 0.5) is 9.18 Å². The summed E-state index contributed by atoms with van der Waals surface area (Å²) in [6, 6.07) is 6.11. The SMILES string of the molecule is O=C(O)CCNC(=O)NCCCc1ccccc1F. The molecule has 1 rings (SSSR count). The minimum Gasteiger partial charge on any atom is -0.481 e. The molecule has 0 heterocycles. The molecular weight excluding hydrogens is 251 g/mol. The Morgan fingerprint density at radius 2 is 1.84 bits per heavy atom. The number of nitrogens with one attached hydrogen (secondary N) is 2. The first-order valence-corrected chi connectivity index (χ1v) is 6.06. The lowest BCUT2D eigenvalue weighted by molar-refractivity contribution is -0.136. The first kappa shape index (κ1) is 14.9. The number of halogens is 1. The molecule has 0 fully saturated rings. The number of rotatable bonds is 7. The fraction of sp³-hybridized carbons (Fsp3) is 0.385. The van der Waals surface area contributed by atoms with Crippen LogP contribution in [-0.4, -0.2) is 30.2 Å². The molecule has 0 bridgehead atoms. The van der Waals surface area contributed by atoms with Gasteiger partial charge in [0.05, 0.1) is 6.42 Å². The smallest absolute Gasteiger partial charge is 0.314 e. The minimum atomic E-state index is -0.958. The van der Waals surface area contributed by atoms with Gasteiger partial charge < -0.3 is 15.7 Å². The van der Waals surface area contributed by atoms with E-state index < -0.39 is 12.0 Å². The summed E-state index contributed by atoms with van der Waals surface area (Å²) in [5.41, 5.74) is 0.621. The standard InChI is InChI=1S/C13H17FN2O3/c14-11-6-2-1-4-10(11)5-3-8-15-13(19)16-9-7-12(17)18/h1-2,4,6H,3,5,7-9H2,(H,17,18)(H2,15,16,19). The number of amides is 2. The van der Waals surface area contributed by atoms with Crippen molar-refractivity contribution in [1.29, 1.82) is 0 Å². The van der Waals surface area contributed by atoms with Crippen molar-refractivity contribution in [2.75, 3.05) is 13.1 Å². The van der Waals surface area contributed by atoms with Crippen LogP contribution in [0, 0.1) is 5.82 Å². The molecule has 0 saturated carbocycles. The summed E-state index contributed by atoms with van der Waals surface area (Å²) in [5.74, 6) is -1.20. The molecule has 5 nitrogen and oxygen atoms in total. The number of aryl methyl sites for hydroxylation is 1. The molecule has 0 radical (unpaired) electrons. The minimum absolute atomic E-state index is 0.0917. The number of aliphatic carboxylic acids is 1. The number of carbonyl (C=O) groups excluding carboxylic acids is 1. The van der Waals surface area contributed by atoms with Crippen LogP contribution in [0.15, 0.2) is 24.3 Å². The van der Waals surface area contributed by atoms with Gasteiger partial charge in [-0.05, 0) is 24.5 Å². The number of urea groups is 1. The maximum atomic E-state index is 13.3. The molecule has 0 atom stereocenters. The van der Waals surface area contributed by atoms with Crippen LogP contribution in [0.25, 0.3) is 0 Å². The van der Waals surface area contributed by atoms with Crippen LogP contribution < -0.4 is 10.6 Å². The van der Waals surface area contributed by atoms with Crippen molar-refractivity contribution < 1.29 is 19.1 Å². The molecule has 0 aliphatic rings. The van der Waals surface area contributed by atoms with Crippen LogP contribution in [0.3, 0.4) is 0 Å². The van der Waals surface area contributed by atoms with E-state index in [0.29, 0.717) is 24.9 Å². The highest BCUT2D eigenvalue weighted by atomic mass is 19.1. The van der Waals surface area contributed by atoms with Crippen LogP contribution in [0.2, 0.25) is 0 Å².